The second-order valence-electron chi connectivity index (χ2n) is 9.64. The second-order valence-corrected chi connectivity index (χ2v) is 9.64. The van der Waals surface area contributed by atoms with Gasteiger partial charge in [-0.25, -0.2) is 18.0 Å². The minimum Gasteiger partial charge on any atom is -0.453 e. The monoisotopic (exact) mass is 513 g/mol. The van der Waals surface area contributed by atoms with Crippen molar-refractivity contribution in [1.29, 1.82) is 0 Å². The largest absolute Gasteiger partial charge is 0.453 e. The lowest BCUT2D eigenvalue weighted by Gasteiger charge is -2.47. The molecule has 7 nitrogen and oxygen atoms in total. The van der Waals surface area contributed by atoms with Crippen LogP contribution in [0.3, 0.4) is 0 Å². The molecule has 1 aliphatic heterocycles. The van der Waals surface area contributed by atoms with Gasteiger partial charge in [-0.15, -0.1) is 0 Å². The molecule has 10 heteroatoms. The minimum absolute atomic E-state index is 0.110. The number of amides is 3. The highest BCUT2D eigenvalue weighted by Gasteiger charge is 2.54. The number of anilines is 1. The van der Waals surface area contributed by atoms with Crippen LogP contribution >= 0.6 is 0 Å². The van der Waals surface area contributed by atoms with Gasteiger partial charge in [0.2, 0.25) is 5.91 Å². The molecular formula is C27H26F3N3O4. The smallest absolute Gasteiger partial charge is 0.409 e. The van der Waals surface area contributed by atoms with Gasteiger partial charge in [-0.1, -0.05) is 36.4 Å². The van der Waals surface area contributed by atoms with E-state index < -0.39 is 61.1 Å². The summed E-state index contributed by atoms with van der Waals surface area (Å²) in [4.78, 5) is 43.7. The number of rotatable bonds is 5. The van der Waals surface area contributed by atoms with E-state index in [1.165, 1.54) is 42.2 Å². The molecule has 0 saturated heterocycles. The third kappa shape index (κ3) is 4.34. The van der Waals surface area contributed by atoms with Crippen molar-refractivity contribution in [1.82, 2.24) is 9.80 Å². The number of hydrogen-bond acceptors (Lipinski definition) is 4. The van der Waals surface area contributed by atoms with Crippen LogP contribution in [0.5, 0.6) is 0 Å². The van der Waals surface area contributed by atoms with Crippen molar-refractivity contribution >= 4 is 23.6 Å². The summed E-state index contributed by atoms with van der Waals surface area (Å²) >= 11 is 0. The van der Waals surface area contributed by atoms with Gasteiger partial charge in [0.1, 0.15) is 18.4 Å². The summed E-state index contributed by atoms with van der Waals surface area (Å²) in [5.74, 6) is -4.86. The number of methoxy groups -OCH3 is 1. The first kappa shape index (κ1) is 24.9. The highest BCUT2D eigenvalue weighted by Crippen LogP contribution is 2.52. The molecule has 0 spiro atoms. The van der Waals surface area contributed by atoms with Crippen LogP contribution in [0.4, 0.5) is 23.7 Å². The van der Waals surface area contributed by atoms with E-state index in [9.17, 15) is 27.6 Å². The number of fused-ring (bicyclic) bond motifs is 3. The average Bonchev–Trinajstić information content (AvgIpc) is 2.88. The van der Waals surface area contributed by atoms with Crippen molar-refractivity contribution in [3.05, 3.63) is 77.2 Å². The van der Waals surface area contributed by atoms with E-state index in [0.717, 1.165) is 16.5 Å². The summed E-state index contributed by atoms with van der Waals surface area (Å²) in [7, 11) is 2.54. The van der Waals surface area contributed by atoms with Gasteiger partial charge in [-0.05, 0) is 35.7 Å². The quantitative estimate of drug-likeness (QED) is 0.586. The number of nitrogens with zero attached hydrogens (tertiary/aromatic N) is 3. The molecule has 2 aromatic carbocycles. The zero-order valence-electron chi connectivity index (χ0n) is 20.4. The van der Waals surface area contributed by atoms with E-state index in [-0.39, 0.29) is 11.6 Å². The number of ether oxygens (including phenoxy) is 1. The molecule has 1 saturated carbocycles. The fourth-order valence-corrected chi connectivity index (χ4v) is 5.38. The molecule has 3 aliphatic rings. The zero-order valence-corrected chi connectivity index (χ0v) is 20.4. The van der Waals surface area contributed by atoms with Crippen LogP contribution in [0.2, 0.25) is 0 Å². The van der Waals surface area contributed by atoms with Crippen molar-refractivity contribution in [3.63, 3.8) is 0 Å². The van der Waals surface area contributed by atoms with Crippen molar-refractivity contribution in [2.45, 2.75) is 43.2 Å². The van der Waals surface area contributed by atoms with Crippen LogP contribution in [-0.4, -0.2) is 60.4 Å². The first-order valence-electron chi connectivity index (χ1n) is 12.0. The third-order valence-corrected chi connectivity index (χ3v) is 7.24. The Balaban J connectivity index is 1.64. The molecule has 2 unspecified atom stereocenters. The number of hydrogen-bond donors (Lipinski definition) is 0. The van der Waals surface area contributed by atoms with Gasteiger partial charge in [0.15, 0.2) is 0 Å². The summed E-state index contributed by atoms with van der Waals surface area (Å²) in [5, 5.41) is 0. The summed E-state index contributed by atoms with van der Waals surface area (Å²) < 4.78 is 46.9. The van der Waals surface area contributed by atoms with E-state index in [2.05, 4.69) is 4.74 Å². The fourth-order valence-electron chi connectivity index (χ4n) is 5.38. The Morgan fingerprint density at radius 3 is 2.41 bits per heavy atom. The molecule has 194 valence electrons. The first-order chi connectivity index (χ1) is 17.6. The van der Waals surface area contributed by atoms with Gasteiger partial charge in [-0.2, -0.15) is 0 Å². The summed E-state index contributed by atoms with van der Waals surface area (Å²) in [6.45, 7) is -0.456. The van der Waals surface area contributed by atoms with E-state index in [1.807, 2.05) is 18.2 Å². The highest BCUT2D eigenvalue weighted by atomic mass is 19.3. The zero-order chi connectivity index (χ0) is 26.5. The maximum absolute atomic E-state index is 14.4. The van der Waals surface area contributed by atoms with E-state index >= 15 is 0 Å². The maximum atomic E-state index is 14.4. The van der Waals surface area contributed by atoms with Crippen molar-refractivity contribution < 1.29 is 32.3 Å². The van der Waals surface area contributed by atoms with Gasteiger partial charge < -0.3 is 14.5 Å². The number of halogens is 3. The predicted octanol–water partition coefficient (Wildman–Crippen LogP) is 4.61. The Bertz CT molecular complexity index is 1290. The molecule has 2 atom stereocenters. The highest BCUT2D eigenvalue weighted by molar-refractivity contribution is 6.04. The van der Waals surface area contributed by atoms with Gasteiger partial charge >= 0.3 is 6.09 Å². The van der Waals surface area contributed by atoms with Crippen molar-refractivity contribution in [2.75, 3.05) is 25.6 Å². The molecule has 0 radical (unpaired) electrons. The van der Waals surface area contributed by atoms with Crippen molar-refractivity contribution in [2.24, 2.45) is 0 Å². The van der Waals surface area contributed by atoms with Gasteiger partial charge in [0.25, 0.3) is 11.8 Å². The van der Waals surface area contributed by atoms with Gasteiger partial charge in [-0.3, -0.25) is 14.5 Å². The van der Waals surface area contributed by atoms with Crippen LogP contribution in [0.25, 0.3) is 0 Å². The molecule has 0 bridgehead atoms. The van der Waals surface area contributed by atoms with Crippen LogP contribution in [0.15, 0.2) is 60.3 Å². The predicted molar refractivity (Wildman–Crippen MR) is 128 cm³/mol. The Kier molecular flexibility index (Phi) is 6.21. The molecule has 5 rings (SSSR count). The van der Waals surface area contributed by atoms with E-state index in [1.54, 1.807) is 12.1 Å². The van der Waals surface area contributed by atoms with Gasteiger partial charge in [0, 0.05) is 43.2 Å². The first-order valence-corrected chi connectivity index (χ1v) is 12.0. The van der Waals surface area contributed by atoms with Crippen LogP contribution in [0, 0.1) is 5.82 Å². The van der Waals surface area contributed by atoms with Crippen LogP contribution < -0.4 is 4.90 Å². The number of benzene rings is 2. The lowest BCUT2D eigenvalue weighted by Crippen LogP contribution is -2.56. The SMILES string of the molecule is COC(=O)N(C)CC(=O)N(c1cccc(F)c1)C1C(=O)N(C2CC(F)(F)C2)C2=CCC2c2ccccc21. The summed E-state index contributed by atoms with van der Waals surface area (Å²) in [6.07, 6.45) is 0.791. The molecule has 37 heavy (non-hydrogen) atoms. The molecular weight excluding hydrogens is 487 g/mol. The Morgan fingerprint density at radius 1 is 1.11 bits per heavy atom. The molecule has 2 aliphatic carbocycles. The summed E-state index contributed by atoms with van der Waals surface area (Å²) in [6, 6.07) is 10.4. The molecule has 3 amide bonds. The Morgan fingerprint density at radius 2 is 1.81 bits per heavy atom. The number of allylic oxidation sites excluding steroid dienone is 2. The number of carbonyl (C=O) groups excluding carboxylic acids is 3. The molecule has 0 N–H and O–H groups in total. The molecule has 0 aromatic heterocycles. The fraction of sp³-hybridized carbons (Fsp3) is 0.370. The molecule has 1 fully saturated rings. The van der Waals surface area contributed by atoms with E-state index in [0.29, 0.717) is 17.7 Å². The number of alkyl halides is 2. The molecule has 2 aromatic rings. The lowest BCUT2D eigenvalue weighted by molar-refractivity contribution is -0.151. The Hall–Kier alpha value is -3.82. The van der Waals surface area contributed by atoms with Crippen LogP contribution in [-0.2, 0) is 14.3 Å². The number of likely N-dealkylation sites (N-methyl/N-ethyl adjacent to an activating group) is 1. The standard InChI is InChI=1S/C27H26F3N3O4/c1-31(26(36)37-2)15-23(34)33(17-7-5-6-16(28)12-17)24-21-9-4-3-8-19(21)20-10-11-22(20)32(25(24)35)18-13-27(29,30)14-18/h3-9,11-12,18,20,24H,10,13-15H2,1-2H3. The van der Waals surface area contributed by atoms with E-state index in [4.69, 9.17) is 0 Å². The number of carbonyl (C=O) groups is 3. The second kappa shape index (κ2) is 9.24. The van der Waals surface area contributed by atoms with Crippen LogP contribution in [0.1, 0.15) is 42.3 Å². The third-order valence-electron chi connectivity index (χ3n) is 7.24. The normalized spacial score (nSPS) is 21.9. The topological polar surface area (TPSA) is 70.2 Å². The summed E-state index contributed by atoms with van der Waals surface area (Å²) in [5.41, 5.74) is 2.11. The minimum atomic E-state index is -2.86. The lowest BCUT2D eigenvalue weighted by atomic mass is 9.79. The van der Waals surface area contributed by atoms with Gasteiger partial charge in [0.05, 0.1) is 7.11 Å². The Labute approximate surface area is 212 Å². The van der Waals surface area contributed by atoms with Crippen molar-refractivity contribution in [3.8, 4) is 0 Å². The molecule has 1 heterocycles. The average molecular weight is 514 g/mol. The maximum Gasteiger partial charge on any atom is 0.409 e.